The van der Waals surface area contributed by atoms with Gasteiger partial charge >= 0.3 is 0 Å². The molecule has 1 aromatic heterocycles. The molecule has 7 heteroatoms. The fraction of sp³-hybridized carbons (Fsp3) is 0. The van der Waals surface area contributed by atoms with E-state index in [1.54, 1.807) is 0 Å². The smallest absolute Gasteiger partial charge is 0.210 e. The van der Waals surface area contributed by atoms with Gasteiger partial charge in [-0.3, -0.25) is 0 Å². The first kappa shape index (κ1) is 11.6. The monoisotopic (exact) mass is 415 g/mol. The van der Waals surface area contributed by atoms with Crippen molar-refractivity contribution in [2.24, 2.45) is 0 Å². The lowest BCUT2D eigenvalue weighted by molar-refractivity contribution is 1.07. The number of aromatic nitrogens is 2. The SMILES string of the molecule is Clc1cc(I)ccc1Nc1nnc(Br)s1. The first-order valence-electron chi connectivity index (χ1n) is 3.86. The third-order valence-electron chi connectivity index (χ3n) is 1.57. The van der Waals surface area contributed by atoms with Crippen LogP contribution in [0.3, 0.4) is 0 Å². The highest BCUT2D eigenvalue weighted by atomic mass is 127. The molecule has 15 heavy (non-hydrogen) atoms. The molecule has 2 aromatic rings. The Labute approximate surface area is 118 Å². The maximum Gasteiger partial charge on any atom is 0.210 e. The number of hydrogen-bond acceptors (Lipinski definition) is 4. The highest BCUT2D eigenvalue weighted by Crippen LogP contribution is 2.29. The molecule has 2 rings (SSSR count). The maximum atomic E-state index is 6.06. The second-order valence-electron chi connectivity index (χ2n) is 2.61. The maximum absolute atomic E-state index is 6.06. The van der Waals surface area contributed by atoms with Crippen molar-refractivity contribution in [2.45, 2.75) is 0 Å². The van der Waals surface area contributed by atoms with Gasteiger partial charge in [0.2, 0.25) is 5.13 Å². The number of nitrogens with zero attached hydrogens (tertiary/aromatic N) is 2. The molecular weight excluding hydrogens is 412 g/mol. The molecular formula is C8H4BrClIN3S. The molecule has 0 aliphatic carbocycles. The van der Waals surface area contributed by atoms with E-state index in [1.165, 1.54) is 11.3 Å². The normalized spacial score (nSPS) is 10.3. The largest absolute Gasteiger partial charge is 0.329 e. The number of nitrogens with one attached hydrogen (secondary N) is 1. The third-order valence-corrected chi connectivity index (χ3v) is 3.83. The summed E-state index contributed by atoms with van der Waals surface area (Å²) in [6.07, 6.45) is 0. The molecule has 0 unspecified atom stereocenters. The number of halogens is 3. The minimum atomic E-state index is 0.674. The van der Waals surface area contributed by atoms with E-state index >= 15 is 0 Å². The summed E-state index contributed by atoms with van der Waals surface area (Å²) in [5.41, 5.74) is 0.834. The summed E-state index contributed by atoms with van der Waals surface area (Å²) < 4.78 is 1.84. The van der Waals surface area contributed by atoms with Crippen molar-refractivity contribution < 1.29 is 0 Å². The van der Waals surface area contributed by atoms with Gasteiger partial charge in [-0.2, -0.15) is 0 Å². The summed E-state index contributed by atoms with van der Waals surface area (Å²) in [7, 11) is 0. The molecule has 3 nitrogen and oxygen atoms in total. The van der Waals surface area contributed by atoms with E-state index in [0.29, 0.717) is 10.2 Å². The van der Waals surface area contributed by atoms with Crippen LogP contribution >= 0.6 is 61.5 Å². The molecule has 0 aliphatic rings. The Morgan fingerprint density at radius 1 is 1.40 bits per heavy atom. The van der Waals surface area contributed by atoms with Crippen molar-refractivity contribution in [1.29, 1.82) is 0 Å². The number of hydrogen-bond donors (Lipinski definition) is 1. The van der Waals surface area contributed by atoms with Crippen LogP contribution < -0.4 is 5.32 Å². The lowest BCUT2D eigenvalue weighted by atomic mass is 10.3. The third kappa shape index (κ3) is 3.02. The van der Waals surface area contributed by atoms with Crippen LogP contribution in [0, 0.1) is 3.57 Å². The van der Waals surface area contributed by atoms with Crippen molar-refractivity contribution in [3.8, 4) is 0 Å². The van der Waals surface area contributed by atoms with Gasteiger partial charge in [-0.1, -0.05) is 22.9 Å². The summed E-state index contributed by atoms with van der Waals surface area (Å²) in [6, 6.07) is 5.78. The predicted molar refractivity (Wildman–Crippen MR) is 75.1 cm³/mol. The first-order chi connectivity index (χ1) is 7.15. The van der Waals surface area contributed by atoms with Gasteiger partial charge < -0.3 is 5.32 Å². The number of anilines is 2. The molecule has 0 spiro atoms. The van der Waals surface area contributed by atoms with E-state index in [-0.39, 0.29) is 0 Å². The Kier molecular flexibility index (Phi) is 3.81. The molecule has 0 fully saturated rings. The van der Waals surface area contributed by atoms with Gasteiger partial charge in [0.25, 0.3) is 0 Å². The van der Waals surface area contributed by atoms with Gasteiger partial charge in [0.05, 0.1) is 10.7 Å². The van der Waals surface area contributed by atoms with E-state index in [4.69, 9.17) is 11.6 Å². The zero-order chi connectivity index (χ0) is 10.8. The molecule has 78 valence electrons. The Morgan fingerprint density at radius 3 is 2.80 bits per heavy atom. The van der Waals surface area contributed by atoms with Crippen LogP contribution in [0.2, 0.25) is 5.02 Å². The molecule has 0 bridgehead atoms. The number of rotatable bonds is 2. The quantitative estimate of drug-likeness (QED) is 0.742. The van der Waals surface area contributed by atoms with Gasteiger partial charge in [-0.05, 0) is 56.7 Å². The summed E-state index contributed by atoms with van der Waals surface area (Å²) in [4.78, 5) is 0. The van der Waals surface area contributed by atoms with E-state index in [2.05, 4.69) is 54.0 Å². The molecule has 0 atom stereocenters. The van der Waals surface area contributed by atoms with Crippen molar-refractivity contribution in [2.75, 3.05) is 5.32 Å². The van der Waals surface area contributed by atoms with E-state index in [0.717, 1.165) is 13.2 Å². The van der Waals surface area contributed by atoms with Crippen LogP contribution in [-0.4, -0.2) is 10.2 Å². The Hall–Kier alpha value is 0.0800. The fourth-order valence-electron chi connectivity index (χ4n) is 0.962. The average molecular weight is 416 g/mol. The zero-order valence-corrected chi connectivity index (χ0v) is 12.5. The van der Waals surface area contributed by atoms with Gasteiger partial charge in [0, 0.05) is 3.57 Å². The average Bonchev–Trinajstić information content (AvgIpc) is 2.56. The zero-order valence-electron chi connectivity index (χ0n) is 7.17. The highest BCUT2D eigenvalue weighted by molar-refractivity contribution is 14.1. The van der Waals surface area contributed by atoms with E-state index in [1.807, 2.05) is 18.2 Å². The molecule has 0 aliphatic heterocycles. The van der Waals surface area contributed by atoms with Gasteiger partial charge in [-0.25, -0.2) is 0 Å². The summed E-state index contributed by atoms with van der Waals surface area (Å²) >= 11 is 12.9. The molecule has 1 heterocycles. The summed E-state index contributed by atoms with van der Waals surface area (Å²) in [5, 5.41) is 12.2. The van der Waals surface area contributed by atoms with Crippen molar-refractivity contribution in [3.63, 3.8) is 0 Å². The van der Waals surface area contributed by atoms with Crippen molar-refractivity contribution in [1.82, 2.24) is 10.2 Å². The van der Waals surface area contributed by atoms with E-state index in [9.17, 15) is 0 Å². The lowest BCUT2D eigenvalue weighted by Gasteiger charge is -2.04. The van der Waals surface area contributed by atoms with Gasteiger partial charge in [-0.15, -0.1) is 10.2 Å². The second-order valence-corrected chi connectivity index (χ2v) is 6.52. The molecule has 1 N–H and O–H groups in total. The van der Waals surface area contributed by atoms with Crippen LogP contribution in [0.4, 0.5) is 10.8 Å². The first-order valence-corrected chi connectivity index (χ1v) is 6.93. The fourth-order valence-corrected chi connectivity index (χ4v) is 2.89. The summed E-state index contributed by atoms with van der Waals surface area (Å²) in [5.74, 6) is 0. The molecule has 0 saturated heterocycles. The Bertz CT molecular complexity index is 490. The standard InChI is InChI=1S/C8H4BrClIN3S/c9-7-13-14-8(15-7)12-6-2-1-4(11)3-5(6)10/h1-3H,(H,12,14). The minimum absolute atomic E-state index is 0.674. The van der Waals surface area contributed by atoms with Crippen LogP contribution in [0.15, 0.2) is 22.1 Å². The Balaban J connectivity index is 2.24. The van der Waals surface area contributed by atoms with Crippen LogP contribution in [-0.2, 0) is 0 Å². The predicted octanol–water partition coefficient (Wildman–Crippen LogP) is 4.30. The topological polar surface area (TPSA) is 37.8 Å². The highest BCUT2D eigenvalue weighted by Gasteiger charge is 2.05. The molecule has 0 radical (unpaired) electrons. The van der Waals surface area contributed by atoms with Crippen LogP contribution in [0.25, 0.3) is 0 Å². The lowest BCUT2D eigenvalue weighted by Crippen LogP contribution is -1.90. The minimum Gasteiger partial charge on any atom is -0.329 e. The van der Waals surface area contributed by atoms with E-state index < -0.39 is 0 Å². The van der Waals surface area contributed by atoms with Crippen LogP contribution in [0.1, 0.15) is 0 Å². The van der Waals surface area contributed by atoms with Gasteiger partial charge in [0.1, 0.15) is 0 Å². The van der Waals surface area contributed by atoms with Crippen molar-refractivity contribution in [3.05, 3.63) is 30.7 Å². The second kappa shape index (κ2) is 4.94. The number of benzene rings is 1. The Morgan fingerprint density at radius 2 is 2.20 bits per heavy atom. The molecule has 1 aromatic carbocycles. The van der Waals surface area contributed by atoms with Crippen LogP contribution in [0.5, 0.6) is 0 Å². The molecule has 0 amide bonds. The summed E-state index contributed by atoms with van der Waals surface area (Å²) in [6.45, 7) is 0. The van der Waals surface area contributed by atoms with Gasteiger partial charge in [0.15, 0.2) is 3.92 Å². The van der Waals surface area contributed by atoms with Crippen molar-refractivity contribution >= 4 is 72.3 Å². The molecule has 0 saturated carbocycles.